The minimum atomic E-state index is -0.105. The largest absolute Gasteiger partial charge is 0.396 e. The number of anilines is 1. The number of likely N-dealkylation sites (tertiary alicyclic amines) is 1. The third-order valence-electron chi connectivity index (χ3n) is 4.13. The molecule has 1 fully saturated rings. The van der Waals surface area contributed by atoms with Crippen LogP contribution in [-0.4, -0.2) is 45.5 Å². The Morgan fingerprint density at radius 2 is 2.32 bits per heavy atom. The van der Waals surface area contributed by atoms with E-state index in [0.717, 1.165) is 23.0 Å². The monoisotopic (exact) mass is 302 g/mol. The first-order valence-electron chi connectivity index (χ1n) is 7.72. The molecule has 1 aliphatic heterocycles. The molecule has 1 atom stereocenters. The van der Waals surface area contributed by atoms with E-state index < -0.39 is 0 Å². The molecule has 0 radical (unpaired) electrons. The Labute approximate surface area is 129 Å². The van der Waals surface area contributed by atoms with Crippen LogP contribution in [0.3, 0.4) is 0 Å². The van der Waals surface area contributed by atoms with Gasteiger partial charge in [0.25, 0.3) is 0 Å². The summed E-state index contributed by atoms with van der Waals surface area (Å²) < 4.78 is 1.92. The number of carbonyl (C=O) groups excluding carboxylic acids is 1. The molecular formula is C16H22N4O2. The van der Waals surface area contributed by atoms with E-state index in [1.807, 2.05) is 29.1 Å². The minimum Gasteiger partial charge on any atom is -0.396 e. The van der Waals surface area contributed by atoms with Gasteiger partial charge in [0, 0.05) is 48.9 Å². The number of fused-ring (bicyclic) bond motifs is 1. The predicted molar refractivity (Wildman–Crippen MR) is 85.9 cm³/mol. The molecule has 0 spiro atoms. The van der Waals surface area contributed by atoms with Gasteiger partial charge >= 0.3 is 6.03 Å². The summed E-state index contributed by atoms with van der Waals surface area (Å²) in [5, 5.41) is 17.6. The lowest BCUT2D eigenvalue weighted by molar-refractivity contribution is 0.209. The van der Waals surface area contributed by atoms with Crippen LogP contribution in [0.2, 0.25) is 0 Å². The molecule has 1 aliphatic rings. The normalized spacial score (nSPS) is 18.4. The number of aliphatic hydroxyl groups excluding tert-OH is 1. The molecule has 6 heteroatoms. The molecule has 1 saturated heterocycles. The summed E-state index contributed by atoms with van der Waals surface area (Å²) in [7, 11) is 0. The molecule has 2 aromatic rings. The summed E-state index contributed by atoms with van der Waals surface area (Å²) in [6.45, 7) is 5.63. The van der Waals surface area contributed by atoms with E-state index in [2.05, 4.69) is 24.3 Å². The predicted octanol–water partition coefficient (Wildman–Crippen LogP) is 2.46. The SMILES string of the molecule is CC(C)n1cc2cc(NC(=O)N3CCC(CO)C3)ccc2n1. The maximum Gasteiger partial charge on any atom is 0.321 e. The van der Waals surface area contributed by atoms with Crippen molar-refractivity contribution in [3.8, 4) is 0 Å². The summed E-state index contributed by atoms with van der Waals surface area (Å²) in [5.74, 6) is 0.206. The Morgan fingerprint density at radius 1 is 1.50 bits per heavy atom. The molecule has 6 nitrogen and oxygen atoms in total. The maximum atomic E-state index is 12.2. The second-order valence-corrected chi connectivity index (χ2v) is 6.19. The number of carbonyl (C=O) groups is 1. The van der Waals surface area contributed by atoms with Gasteiger partial charge in [-0.15, -0.1) is 0 Å². The first-order valence-corrected chi connectivity index (χ1v) is 7.72. The highest BCUT2D eigenvalue weighted by Gasteiger charge is 2.25. The van der Waals surface area contributed by atoms with E-state index in [-0.39, 0.29) is 18.6 Å². The van der Waals surface area contributed by atoms with Crippen LogP contribution in [0, 0.1) is 5.92 Å². The fraction of sp³-hybridized carbons (Fsp3) is 0.500. The third-order valence-corrected chi connectivity index (χ3v) is 4.13. The van der Waals surface area contributed by atoms with Crippen molar-refractivity contribution in [2.45, 2.75) is 26.3 Å². The van der Waals surface area contributed by atoms with E-state index in [9.17, 15) is 4.79 Å². The second-order valence-electron chi connectivity index (χ2n) is 6.19. The fourth-order valence-corrected chi connectivity index (χ4v) is 2.76. The highest BCUT2D eigenvalue weighted by molar-refractivity contribution is 5.92. The van der Waals surface area contributed by atoms with Crippen molar-refractivity contribution in [3.05, 3.63) is 24.4 Å². The molecular weight excluding hydrogens is 280 g/mol. The quantitative estimate of drug-likeness (QED) is 0.915. The molecule has 1 aromatic carbocycles. The molecule has 1 unspecified atom stereocenters. The Balaban J connectivity index is 1.72. The second kappa shape index (κ2) is 5.96. The van der Waals surface area contributed by atoms with Crippen LogP contribution in [0.25, 0.3) is 10.9 Å². The molecule has 2 amide bonds. The first kappa shape index (κ1) is 14.8. The number of nitrogens with zero attached hydrogens (tertiary/aromatic N) is 3. The summed E-state index contributed by atoms with van der Waals surface area (Å²) in [5.41, 5.74) is 1.70. The van der Waals surface area contributed by atoms with Crippen LogP contribution in [0.5, 0.6) is 0 Å². The van der Waals surface area contributed by atoms with E-state index in [1.54, 1.807) is 4.90 Å². The summed E-state index contributed by atoms with van der Waals surface area (Å²) in [4.78, 5) is 14.0. The number of rotatable bonds is 3. The van der Waals surface area contributed by atoms with Crippen molar-refractivity contribution in [1.82, 2.24) is 14.7 Å². The minimum absolute atomic E-state index is 0.105. The van der Waals surface area contributed by atoms with Gasteiger partial charge in [-0.05, 0) is 38.5 Å². The first-order chi connectivity index (χ1) is 10.6. The number of aromatic nitrogens is 2. The Kier molecular flexibility index (Phi) is 4.02. The number of benzene rings is 1. The average molecular weight is 302 g/mol. The number of aliphatic hydroxyl groups is 1. The van der Waals surface area contributed by atoms with Gasteiger partial charge < -0.3 is 15.3 Å². The van der Waals surface area contributed by atoms with Crippen LogP contribution in [0.1, 0.15) is 26.3 Å². The lowest BCUT2D eigenvalue weighted by Gasteiger charge is -2.17. The molecule has 118 valence electrons. The van der Waals surface area contributed by atoms with Gasteiger partial charge in [0.05, 0.1) is 5.52 Å². The number of urea groups is 1. The standard InChI is InChI=1S/C16H22N4O2/c1-11(2)20-9-13-7-14(3-4-15(13)18-20)17-16(22)19-6-5-12(8-19)10-21/h3-4,7,9,11-12,21H,5-6,8,10H2,1-2H3,(H,17,22). The van der Waals surface area contributed by atoms with E-state index in [4.69, 9.17) is 5.11 Å². The summed E-state index contributed by atoms with van der Waals surface area (Å²) in [6, 6.07) is 5.94. The van der Waals surface area contributed by atoms with Crippen molar-refractivity contribution in [3.63, 3.8) is 0 Å². The summed E-state index contributed by atoms with van der Waals surface area (Å²) in [6.07, 6.45) is 2.86. The van der Waals surface area contributed by atoms with Gasteiger partial charge in [0.2, 0.25) is 0 Å². The zero-order chi connectivity index (χ0) is 15.7. The molecule has 0 bridgehead atoms. The molecule has 1 aromatic heterocycles. The highest BCUT2D eigenvalue weighted by atomic mass is 16.3. The smallest absolute Gasteiger partial charge is 0.321 e. The van der Waals surface area contributed by atoms with Gasteiger partial charge in [-0.3, -0.25) is 4.68 Å². The molecule has 3 rings (SSSR count). The maximum absolute atomic E-state index is 12.2. The Bertz CT molecular complexity index is 680. The Hall–Kier alpha value is -2.08. The zero-order valence-electron chi connectivity index (χ0n) is 13.0. The van der Waals surface area contributed by atoms with Crippen LogP contribution in [-0.2, 0) is 0 Å². The molecule has 0 saturated carbocycles. The van der Waals surface area contributed by atoms with Crippen molar-refractivity contribution < 1.29 is 9.90 Å². The van der Waals surface area contributed by atoms with Crippen LogP contribution in [0.15, 0.2) is 24.4 Å². The van der Waals surface area contributed by atoms with Gasteiger partial charge in [-0.25, -0.2) is 4.79 Å². The third kappa shape index (κ3) is 2.92. The number of hydrogen-bond donors (Lipinski definition) is 2. The Morgan fingerprint density at radius 3 is 3.00 bits per heavy atom. The van der Waals surface area contributed by atoms with Crippen molar-refractivity contribution in [1.29, 1.82) is 0 Å². The van der Waals surface area contributed by atoms with Crippen LogP contribution >= 0.6 is 0 Å². The van der Waals surface area contributed by atoms with Crippen molar-refractivity contribution in [2.24, 2.45) is 5.92 Å². The molecule has 0 aliphatic carbocycles. The van der Waals surface area contributed by atoms with E-state index in [1.165, 1.54) is 0 Å². The van der Waals surface area contributed by atoms with Gasteiger partial charge in [0.15, 0.2) is 0 Å². The van der Waals surface area contributed by atoms with Crippen molar-refractivity contribution in [2.75, 3.05) is 25.0 Å². The van der Waals surface area contributed by atoms with Crippen molar-refractivity contribution >= 4 is 22.6 Å². The van der Waals surface area contributed by atoms with Crippen LogP contribution < -0.4 is 5.32 Å². The molecule has 22 heavy (non-hydrogen) atoms. The number of amides is 2. The van der Waals surface area contributed by atoms with E-state index in [0.29, 0.717) is 19.1 Å². The zero-order valence-corrected chi connectivity index (χ0v) is 13.0. The average Bonchev–Trinajstić information content (AvgIpc) is 3.13. The van der Waals surface area contributed by atoms with Crippen LogP contribution in [0.4, 0.5) is 10.5 Å². The number of nitrogens with one attached hydrogen (secondary N) is 1. The van der Waals surface area contributed by atoms with Gasteiger partial charge in [-0.2, -0.15) is 5.10 Å². The lowest BCUT2D eigenvalue weighted by atomic mass is 10.1. The highest BCUT2D eigenvalue weighted by Crippen LogP contribution is 2.21. The molecule has 2 N–H and O–H groups in total. The topological polar surface area (TPSA) is 70.4 Å². The lowest BCUT2D eigenvalue weighted by Crippen LogP contribution is -2.33. The van der Waals surface area contributed by atoms with Gasteiger partial charge in [0.1, 0.15) is 0 Å². The summed E-state index contributed by atoms with van der Waals surface area (Å²) >= 11 is 0. The van der Waals surface area contributed by atoms with Gasteiger partial charge in [-0.1, -0.05) is 0 Å². The molecule has 2 heterocycles. The fourth-order valence-electron chi connectivity index (χ4n) is 2.76. The number of hydrogen-bond acceptors (Lipinski definition) is 3. The van der Waals surface area contributed by atoms with E-state index >= 15 is 0 Å².